The van der Waals surface area contributed by atoms with Crippen molar-refractivity contribution in [1.82, 2.24) is 4.98 Å². The first-order valence-electron chi connectivity index (χ1n) is 4.21. The largest absolute Gasteiger partial charge is 0.478 e. The summed E-state index contributed by atoms with van der Waals surface area (Å²) in [6, 6.07) is 2.40. The number of pyridine rings is 1. The third-order valence-corrected chi connectivity index (χ3v) is 1.85. The molecule has 0 aliphatic heterocycles. The SMILES string of the molecule is N[C@@H](CCO)c1cc(C(=O)O)ccn1. The first kappa shape index (κ1) is 10.6. The Morgan fingerprint density at radius 3 is 2.93 bits per heavy atom. The minimum Gasteiger partial charge on any atom is -0.478 e. The lowest BCUT2D eigenvalue weighted by Crippen LogP contribution is -2.14. The Bertz CT molecular complexity index is 328. The highest BCUT2D eigenvalue weighted by Crippen LogP contribution is 2.12. The summed E-state index contributed by atoms with van der Waals surface area (Å²) in [6.45, 7) is -0.0415. The molecule has 5 heteroatoms. The van der Waals surface area contributed by atoms with Crippen molar-refractivity contribution in [3.8, 4) is 0 Å². The molecule has 1 aromatic heterocycles. The number of aliphatic hydroxyl groups is 1. The van der Waals surface area contributed by atoms with E-state index < -0.39 is 12.0 Å². The van der Waals surface area contributed by atoms with Crippen molar-refractivity contribution < 1.29 is 15.0 Å². The van der Waals surface area contributed by atoms with Gasteiger partial charge in [-0.15, -0.1) is 0 Å². The summed E-state index contributed by atoms with van der Waals surface area (Å²) in [7, 11) is 0. The second-order valence-corrected chi connectivity index (χ2v) is 2.89. The zero-order valence-electron chi connectivity index (χ0n) is 7.55. The second-order valence-electron chi connectivity index (χ2n) is 2.89. The lowest BCUT2D eigenvalue weighted by molar-refractivity contribution is 0.0696. The highest BCUT2D eigenvalue weighted by molar-refractivity contribution is 5.87. The minimum atomic E-state index is -1.01. The van der Waals surface area contributed by atoms with Crippen LogP contribution in [0.3, 0.4) is 0 Å². The molecule has 14 heavy (non-hydrogen) atoms. The number of aromatic carboxylic acids is 1. The Hall–Kier alpha value is -1.46. The fourth-order valence-electron chi connectivity index (χ4n) is 1.07. The lowest BCUT2D eigenvalue weighted by Gasteiger charge is -2.09. The third kappa shape index (κ3) is 2.51. The van der Waals surface area contributed by atoms with E-state index in [-0.39, 0.29) is 12.2 Å². The maximum Gasteiger partial charge on any atom is 0.335 e. The van der Waals surface area contributed by atoms with Crippen LogP contribution in [-0.2, 0) is 0 Å². The first-order chi connectivity index (χ1) is 6.65. The molecule has 0 saturated carbocycles. The highest BCUT2D eigenvalue weighted by atomic mass is 16.4. The van der Waals surface area contributed by atoms with E-state index in [1.54, 1.807) is 0 Å². The van der Waals surface area contributed by atoms with E-state index in [2.05, 4.69) is 4.98 Å². The average Bonchev–Trinajstić information content (AvgIpc) is 2.18. The maximum absolute atomic E-state index is 10.6. The van der Waals surface area contributed by atoms with Crippen molar-refractivity contribution in [2.45, 2.75) is 12.5 Å². The summed E-state index contributed by atoms with van der Waals surface area (Å²) >= 11 is 0. The molecule has 4 N–H and O–H groups in total. The van der Waals surface area contributed by atoms with Gasteiger partial charge in [-0.25, -0.2) is 4.79 Å². The Balaban J connectivity index is 2.87. The Morgan fingerprint density at radius 1 is 1.64 bits per heavy atom. The van der Waals surface area contributed by atoms with Gasteiger partial charge in [0.1, 0.15) is 0 Å². The van der Waals surface area contributed by atoms with E-state index in [4.69, 9.17) is 15.9 Å². The standard InChI is InChI=1S/C9H12N2O3/c10-7(2-4-12)8-5-6(9(13)14)1-3-11-8/h1,3,5,7,12H,2,4,10H2,(H,13,14)/t7-/m0/s1. The molecule has 5 nitrogen and oxygen atoms in total. The summed E-state index contributed by atoms with van der Waals surface area (Å²) in [4.78, 5) is 14.6. The quantitative estimate of drug-likeness (QED) is 0.637. The molecule has 0 amide bonds. The van der Waals surface area contributed by atoms with Crippen LogP contribution in [0.1, 0.15) is 28.5 Å². The summed E-state index contributed by atoms with van der Waals surface area (Å²) in [6.07, 6.45) is 1.77. The van der Waals surface area contributed by atoms with Crippen LogP contribution < -0.4 is 5.73 Å². The van der Waals surface area contributed by atoms with Crippen LogP contribution in [-0.4, -0.2) is 27.8 Å². The molecule has 0 aliphatic rings. The van der Waals surface area contributed by atoms with Crippen LogP contribution in [0, 0.1) is 0 Å². The molecular formula is C9H12N2O3. The molecule has 1 rings (SSSR count). The molecule has 0 fully saturated rings. The molecule has 1 atom stereocenters. The molecule has 0 radical (unpaired) electrons. The molecule has 76 valence electrons. The van der Waals surface area contributed by atoms with Gasteiger partial charge in [-0.05, 0) is 18.6 Å². The van der Waals surface area contributed by atoms with E-state index in [1.807, 2.05) is 0 Å². The van der Waals surface area contributed by atoms with E-state index >= 15 is 0 Å². The van der Waals surface area contributed by atoms with Gasteiger partial charge in [-0.2, -0.15) is 0 Å². The highest BCUT2D eigenvalue weighted by Gasteiger charge is 2.09. The summed E-state index contributed by atoms with van der Waals surface area (Å²) in [5, 5.41) is 17.4. The van der Waals surface area contributed by atoms with Crippen LogP contribution in [0.25, 0.3) is 0 Å². The number of carboxylic acids is 1. The van der Waals surface area contributed by atoms with Crippen LogP contribution in [0.4, 0.5) is 0 Å². The Kier molecular flexibility index (Phi) is 3.55. The van der Waals surface area contributed by atoms with Gasteiger partial charge in [0.05, 0.1) is 11.3 Å². The fourth-order valence-corrected chi connectivity index (χ4v) is 1.07. The Labute approximate surface area is 81.2 Å². The van der Waals surface area contributed by atoms with Crippen LogP contribution in [0.5, 0.6) is 0 Å². The number of hydrogen-bond acceptors (Lipinski definition) is 4. The van der Waals surface area contributed by atoms with E-state index in [0.717, 1.165) is 0 Å². The zero-order chi connectivity index (χ0) is 10.6. The summed E-state index contributed by atoms with van der Waals surface area (Å²) < 4.78 is 0. The lowest BCUT2D eigenvalue weighted by atomic mass is 10.1. The van der Waals surface area contributed by atoms with Gasteiger partial charge in [-0.1, -0.05) is 0 Å². The van der Waals surface area contributed by atoms with Gasteiger partial charge in [-0.3, -0.25) is 4.98 Å². The van der Waals surface area contributed by atoms with Gasteiger partial charge in [0.15, 0.2) is 0 Å². The molecule has 1 heterocycles. The number of nitrogens with two attached hydrogens (primary N) is 1. The molecule has 0 unspecified atom stereocenters. The van der Waals surface area contributed by atoms with Crippen molar-refractivity contribution in [2.24, 2.45) is 5.73 Å². The zero-order valence-corrected chi connectivity index (χ0v) is 7.55. The van der Waals surface area contributed by atoms with E-state index in [9.17, 15) is 4.79 Å². The maximum atomic E-state index is 10.6. The number of rotatable bonds is 4. The number of carboxylic acid groups (broad SMARTS) is 1. The molecule has 0 spiro atoms. The van der Waals surface area contributed by atoms with Crippen molar-refractivity contribution >= 4 is 5.97 Å². The monoisotopic (exact) mass is 196 g/mol. The topological polar surface area (TPSA) is 96.4 Å². The van der Waals surface area contributed by atoms with Crippen molar-refractivity contribution in [2.75, 3.05) is 6.61 Å². The Morgan fingerprint density at radius 2 is 2.36 bits per heavy atom. The predicted octanol–water partition coefficient (Wildman–Crippen LogP) is 0.162. The van der Waals surface area contributed by atoms with Crippen molar-refractivity contribution in [3.05, 3.63) is 29.6 Å². The van der Waals surface area contributed by atoms with Crippen LogP contribution >= 0.6 is 0 Å². The van der Waals surface area contributed by atoms with Gasteiger partial charge < -0.3 is 15.9 Å². The minimum absolute atomic E-state index is 0.0415. The molecule has 0 bridgehead atoms. The average molecular weight is 196 g/mol. The fraction of sp³-hybridized carbons (Fsp3) is 0.333. The number of aliphatic hydroxyl groups excluding tert-OH is 1. The van der Waals surface area contributed by atoms with E-state index in [1.165, 1.54) is 18.3 Å². The molecule has 1 aromatic rings. The van der Waals surface area contributed by atoms with Crippen molar-refractivity contribution in [3.63, 3.8) is 0 Å². The number of nitrogens with zero attached hydrogens (tertiary/aromatic N) is 1. The predicted molar refractivity (Wildman–Crippen MR) is 49.8 cm³/mol. The first-order valence-corrected chi connectivity index (χ1v) is 4.21. The van der Waals surface area contributed by atoms with Gasteiger partial charge in [0.25, 0.3) is 0 Å². The van der Waals surface area contributed by atoms with E-state index in [0.29, 0.717) is 12.1 Å². The molecule has 0 saturated heterocycles. The molecule has 0 aromatic carbocycles. The van der Waals surface area contributed by atoms with Gasteiger partial charge >= 0.3 is 5.97 Å². The summed E-state index contributed by atoms with van der Waals surface area (Å²) in [5.41, 5.74) is 6.30. The van der Waals surface area contributed by atoms with Crippen molar-refractivity contribution in [1.29, 1.82) is 0 Å². The number of carbonyl (C=O) groups is 1. The second kappa shape index (κ2) is 4.69. The third-order valence-electron chi connectivity index (χ3n) is 1.85. The van der Waals surface area contributed by atoms with Gasteiger partial charge in [0, 0.05) is 18.8 Å². The summed E-state index contributed by atoms with van der Waals surface area (Å²) in [5.74, 6) is -1.01. The smallest absolute Gasteiger partial charge is 0.335 e. The normalized spacial score (nSPS) is 12.4. The van der Waals surface area contributed by atoms with Crippen LogP contribution in [0.15, 0.2) is 18.3 Å². The van der Waals surface area contributed by atoms with Gasteiger partial charge in [0.2, 0.25) is 0 Å². The van der Waals surface area contributed by atoms with Crippen LogP contribution in [0.2, 0.25) is 0 Å². The molecule has 0 aliphatic carbocycles. The number of aromatic nitrogens is 1. The molecular weight excluding hydrogens is 184 g/mol. The number of hydrogen-bond donors (Lipinski definition) is 3.